The Morgan fingerprint density at radius 3 is 2.48 bits per heavy atom. The minimum absolute atomic E-state index is 0.182. The molecule has 2 aromatic rings. The van der Waals surface area contributed by atoms with Crippen LogP contribution in [0.15, 0.2) is 30.6 Å². The first-order chi connectivity index (χ1) is 10.1. The summed E-state index contributed by atoms with van der Waals surface area (Å²) >= 11 is 0. The van der Waals surface area contributed by atoms with Crippen molar-refractivity contribution in [1.82, 2.24) is 9.97 Å². The van der Waals surface area contributed by atoms with Crippen LogP contribution in [0.4, 0.5) is 5.82 Å². The molecular formula is C17H23N3O. The highest BCUT2D eigenvalue weighted by molar-refractivity contribution is 5.68. The van der Waals surface area contributed by atoms with Crippen molar-refractivity contribution in [2.45, 2.75) is 40.2 Å². The van der Waals surface area contributed by atoms with Gasteiger partial charge in [-0.3, -0.25) is 0 Å². The van der Waals surface area contributed by atoms with Crippen LogP contribution in [-0.4, -0.2) is 22.6 Å². The van der Waals surface area contributed by atoms with Crippen LogP contribution in [0, 0.1) is 6.92 Å². The van der Waals surface area contributed by atoms with Crippen molar-refractivity contribution in [1.29, 1.82) is 0 Å². The van der Waals surface area contributed by atoms with E-state index in [0.717, 1.165) is 41.4 Å². The number of hydrogen-bond donors (Lipinski definition) is 1. The van der Waals surface area contributed by atoms with Gasteiger partial charge >= 0.3 is 0 Å². The zero-order valence-electron chi connectivity index (χ0n) is 13.2. The van der Waals surface area contributed by atoms with Crippen LogP contribution in [0.3, 0.4) is 0 Å². The van der Waals surface area contributed by atoms with Crippen LogP contribution < -0.4 is 10.1 Å². The normalized spacial score (nSPS) is 10.7. The van der Waals surface area contributed by atoms with Crippen molar-refractivity contribution in [2.75, 3.05) is 11.9 Å². The van der Waals surface area contributed by atoms with Crippen LogP contribution in [0.1, 0.15) is 32.8 Å². The fraction of sp³-hybridized carbons (Fsp3) is 0.412. The SMILES string of the molecule is CCCNc1ncnc(-c2ccc(OC(C)C)cc2)c1C. The monoisotopic (exact) mass is 285 g/mol. The Morgan fingerprint density at radius 1 is 1.14 bits per heavy atom. The van der Waals surface area contributed by atoms with Gasteiger partial charge in [0, 0.05) is 17.7 Å². The van der Waals surface area contributed by atoms with Crippen LogP contribution in [0.2, 0.25) is 0 Å². The average molecular weight is 285 g/mol. The lowest BCUT2D eigenvalue weighted by Gasteiger charge is -2.12. The topological polar surface area (TPSA) is 47.0 Å². The summed E-state index contributed by atoms with van der Waals surface area (Å²) in [6.45, 7) is 9.14. The van der Waals surface area contributed by atoms with Crippen LogP contribution in [0.25, 0.3) is 11.3 Å². The number of anilines is 1. The molecule has 0 radical (unpaired) electrons. The highest BCUT2D eigenvalue weighted by Crippen LogP contribution is 2.26. The van der Waals surface area contributed by atoms with Crippen molar-refractivity contribution in [3.8, 4) is 17.0 Å². The van der Waals surface area contributed by atoms with Crippen molar-refractivity contribution < 1.29 is 4.74 Å². The summed E-state index contributed by atoms with van der Waals surface area (Å²) in [5, 5.41) is 3.33. The molecule has 0 aliphatic heterocycles. The standard InChI is InChI=1S/C17H23N3O/c1-5-10-18-17-13(4)16(19-11-20-17)14-6-8-15(9-7-14)21-12(2)3/h6-9,11-12H,5,10H2,1-4H3,(H,18,19,20). The van der Waals surface area contributed by atoms with Crippen LogP contribution in [-0.2, 0) is 0 Å². The Labute approximate surface area is 126 Å². The molecule has 0 aliphatic rings. The molecular weight excluding hydrogens is 262 g/mol. The fourth-order valence-corrected chi connectivity index (χ4v) is 2.13. The quantitative estimate of drug-likeness (QED) is 0.869. The van der Waals surface area contributed by atoms with Gasteiger partial charge in [-0.2, -0.15) is 0 Å². The van der Waals surface area contributed by atoms with E-state index in [1.807, 2.05) is 45.0 Å². The lowest BCUT2D eigenvalue weighted by Crippen LogP contribution is -2.06. The average Bonchev–Trinajstić information content (AvgIpc) is 2.47. The summed E-state index contributed by atoms with van der Waals surface area (Å²) in [7, 11) is 0. The molecule has 21 heavy (non-hydrogen) atoms. The molecule has 0 bridgehead atoms. The highest BCUT2D eigenvalue weighted by Gasteiger charge is 2.09. The zero-order valence-corrected chi connectivity index (χ0v) is 13.2. The molecule has 1 N–H and O–H groups in total. The first kappa shape index (κ1) is 15.3. The van der Waals surface area contributed by atoms with Gasteiger partial charge in [0.1, 0.15) is 17.9 Å². The van der Waals surface area contributed by atoms with Gasteiger partial charge in [0.2, 0.25) is 0 Å². The molecule has 4 heteroatoms. The predicted molar refractivity (Wildman–Crippen MR) is 86.7 cm³/mol. The Bertz CT molecular complexity index is 579. The molecule has 0 saturated carbocycles. The van der Waals surface area contributed by atoms with Gasteiger partial charge < -0.3 is 10.1 Å². The van der Waals surface area contributed by atoms with E-state index in [4.69, 9.17) is 4.74 Å². The van der Waals surface area contributed by atoms with E-state index in [9.17, 15) is 0 Å². The minimum Gasteiger partial charge on any atom is -0.491 e. The molecule has 0 unspecified atom stereocenters. The number of rotatable bonds is 6. The fourth-order valence-electron chi connectivity index (χ4n) is 2.13. The van der Waals surface area contributed by atoms with E-state index >= 15 is 0 Å². The summed E-state index contributed by atoms with van der Waals surface area (Å²) in [6.07, 6.45) is 2.86. The number of benzene rings is 1. The first-order valence-electron chi connectivity index (χ1n) is 7.44. The number of hydrogen-bond acceptors (Lipinski definition) is 4. The number of aromatic nitrogens is 2. The molecule has 1 aromatic heterocycles. The molecule has 1 heterocycles. The smallest absolute Gasteiger partial charge is 0.132 e. The maximum atomic E-state index is 5.67. The molecule has 112 valence electrons. The number of nitrogens with zero attached hydrogens (tertiary/aromatic N) is 2. The van der Waals surface area contributed by atoms with E-state index in [2.05, 4.69) is 22.2 Å². The van der Waals surface area contributed by atoms with Gasteiger partial charge in [0.05, 0.1) is 11.8 Å². The summed E-state index contributed by atoms with van der Waals surface area (Å²) in [4.78, 5) is 8.73. The number of ether oxygens (including phenoxy) is 1. The molecule has 0 atom stereocenters. The Morgan fingerprint density at radius 2 is 1.86 bits per heavy atom. The second-order valence-corrected chi connectivity index (χ2v) is 5.31. The summed E-state index contributed by atoms with van der Waals surface area (Å²) in [5.74, 6) is 1.79. The van der Waals surface area contributed by atoms with E-state index < -0.39 is 0 Å². The molecule has 2 rings (SSSR count). The Hall–Kier alpha value is -2.10. The maximum Gasteiger partial charge on any atom is 0.132 e. The lowest BCUT2D eigenvalue weighted by atomic mass is 10.1. The molecule has 1 aromatic carbocycles. The predicted octanol–water partition coefficient (Wildman–Crippen LogP) is 4.06. The molecule has 0 fully saturated rings. The van der Waals surface area contributed by atoms with Crippen LogP contribution >= 0.6 is 0 Å². The summed E-state index contributed by atoms with van der Waals surface area (Å²) in [6, 6.07) is 8.04. The molecule has 4 nitrogen and oxygen atoms in total. The van der Waals surface area contributed by atoms with Gasteiger partial charge in [0.25, 0.3) is 0 Å². The van der Waals surface area contributed by atoms with Gasteiger partial charge in [-0.15, -0.1) is 0 Å². The third kappa shape index (κ3) is 3.94. The van der Waals surface area contributed by atoms with Crippen molar-refractivity contribution in [3.63, 3.8) is 0 Å². The maximum absolute atomic E-state index is 5.67. The van der Waals surface area contributed by atoms with Crippen LogP contribution in [0.5, 0.6) is 5.75 Å². The summed E-state index contributed by atoms with van der Waals surface area (Å²) in [5.41, 5.74) is 3.11. The van der Waals surface area contributed by atoms with Gasteiger partial charge in [0.15, 0.2) is 0 Å². The molecule has 0 spiro atoms. The third-order valence-corrected chi connectivity index (χ3v) is 3.13. The molecule has 0 amide bonds. The molecule has 0 saturated heterocycles. The minimum atomic E-state index is 0.182. The summed E-state index contributed by atoms with van der Waals surface area (Å²) < 4.78 is 5.67. The van der Waals surface area contributed by atoms with E-state index in [0.29, 0.717) is 0 Å². The van der Waals surface area contributed by atoms with Gasteiger partial charge in [-0.1, -0.05) is 6.92 Å². The highest BCUT2D eigenvalue weighted by atomic mass is 16.5. The van der Waals surface area contributed by atoms with Crippen molar-refractivity contribution >= 4 is 5.82 Å². The number of nitrogens with one attached hydrogen (secondary N) is 1. The molecule has 0 aliphatic carbocycles. The van der Waals surface area contributed by atoms with Gasteiger partial charge in [-0.05, 0) is 51.5 Å². The second-order valence-electron chi connectivity index (χ2n) is 5.31. The zero-order chi connectivity index (χ0) is 15.2. The van der Waals surface area contributed by atoms with E-state index in [-0.39, 0.29) is 6.10 Å². The first-order valence-corrected chi connectivity index (χ1v) is 7.44. The van der Waals surface area contributed by atoms with E-state index in [1.165, 1.54) is 0 Å². The van der Waals surface area contributed by atoms with Crippen molar-refractivity contribution in [2.24, 2.45) is 0 Å². The Kier molecular flexibility index (Phi) is 5.14. The lowest BCUT2D eigenvalue weighted by molar-refractivity contribution is 0.242. The third-order valence-electron chi connectivity index (χ3n) is 3.13. The van der Waals surface area contributed by atoms with Gasteiger partial charge in [-0.25, -0.2) is 9.97 Å². The second kappa shape index (κ2) is 7.07. The Balaban J connectivity index is 2.25. The van der Waals surface area contributed by atoms with Crippen molar-refractivity contribution in [3.05, 3.63) is 36.2 Å². The largest absolute Gasteiger partial charge is 0.491 e. The van der Waals surface area contributed by atoms with E-state index in [1.54, 1.807) is 6.33 Å².